The van der Waals surface area contributed by atoms with Crippen LogP contribution in [0.1, 0.15) is 51.2 Å². The van der Waals surface area contributed by atoms with Crippen LogP contribution in [-0.4, -0.2) is 19.8 Å². The van der Waals surface area contributed by atoms with Crippen molar-refractivity contribution in [2.45, 2.75) is 51.7 Å². The van der Waals surface area contributed by atoms with Gasteiger partial charge in [-0.1, -0.05) is 44.9 Å². The maximum absolute atomic E-state index is 6.21. The summed E-state index contributed by atoms with van der Waals surface area (Å²) < 4.78 is 11.4. The van der Waals surface area contributed by atoms with E-state index in [2.05, 4.69) is 13.8 Å². The van der Waals surface area contributed by atoms with Gasteiger partial charge >= 0.3 is 0 Å². The Hall–Kier alpha value is -1.06. The van der Waals surface area contributed by atoms with Crippen LogP contribution in [0.4, 0.5) is 0 Å². The highest BCUT2D eigenvalue weighted by atomic mass is 16.5. The first-order valence-corrected chi connectivity index (χ1v) is 7.24. The number of para-hydroxylation sites is 1. The maximum Gasteiger partial charge on any atom is 0.124 e. The third-order valence-corrected chi connectivity index (χ3v) is 3.35. The lowest BCUT2D eigenvalue weighted by molar-refractivity contribution is 0.0297. The molecule has 0 bridgehead atoms. The number of hydrogen-bond acceptors (Lipinski definition) is 3. The molecule has 0 saturated heterocycles. The SMILES string of the molecule is CCCCCOC(c1ccccc1OC)C(N)CC. The molecule has 0 fully saturated rings. The molecule has 0 aliphatic rings. The highest BCUT2D eigenvalue weighted by molar-refractivity contribution is 5.35. The van der Waals surface area contributed by atoms with Gasteiger partial charge in [-0.15, -0.1) is 0 Å². The number of hydrogen-bond donors (Lipinski definition) is 1. The minimum atomic E-state index is -0.0852. The summed E-state index contributed by atoms with van der Waals surface area (Å²) in [6.45, 7) is 5.03. The molecule has 0 aromatic heterocycles. The number of ether oxygens (including phenoxy) is 2. The molecule has 0 amide bonds. The largest absolute Gasteiger partial charge is 0.496 e. The van der Waals surface area contributed by atoms with Crippen LogP contribution in [0.3, 0.4) is 0 Å². The highest BCUT2D eigenvalue weighted by Crippen LogP contribution is 2.30. The topological polar surface area (TPSA) is 44.5 Å². The van der Waals surface area contributed by atoms with Crippen molar-refractivity contribution in [2.75, 3.05) is 13.7 Å². The fraction of sp³-hybridized carbons (Fsp3) is 0.625. The Morgan fingerprint density at radius 2 is 1.89 bits per heavy atom. The van der Waals surface area contributed by atoms with Gasteiger partial charge in [0.25, 0.3) is 0 Å². The van der Waals surface area contributed by atoms with Crippen molar-refractivity contribution in [1.82, 2.24) is 0 Å². The number of benzene rings is 1. The Bertz CT molecular complexity index is 354. The van der Waals surface area contributed by atoms with E-state index in [4.69, 9.17) is 15.2 Å². The molecular weight excluding hydrogens is 238 g/mol. The van der Waals surface area contributed by atoms with E-state index in [1.165, 1.54) is 12.8 Å². The smallest absolute Gasteiger partial charge is 0.124 e. The molecule has 0 heterocycles. The molecule has 1 aromatic carbocycles. The van der Waals surface area contributed by atoms with Crippen molar-refractivity contribution in [1.29, 1.82) is 0 Å². The summed E-state index contributed by atoms with van der Waals surface area (Å²) in [5, 5.41) is 0. The lowest BCUT2D eigenvalue weighted by Gasteiger charge is -2.25. The summed E-state index contributed by atoms with van der Waals surface area (Å²) >= 11 is 0. The molecule has 3 nitrogen and oxygen atoms in total. The molecule has 2 unspecified atom stereocenters. The van der Waals surface area contributed by atoms with Crippen LogP contribution in [0, 0.1) is 0 Å². The predicted octanol–water partition coefficient (Wildman–Crippen LogP) is 3.68. The van der Waals surface area contributed by atoms with Crippen molar-refractivity contribution in [3.8, 4) is 5.75 Å². The van der Waals surface area contributed by atoms with Crippen LogP contribution in [0.15, 0.2) is 24.3 Å². The van der Waals surface area contributed by atoms with Gasteiger partial charge in [0.2, 0.25) is 0 Å². The zero-order valence-electron chi connectivity index (χ0n) is 12.4. The van der Waals surface area contributed by atoms with Gasteiger partial charge in [-0.2, -0.15) is 0 Å². The van der Waals surface area contributed by atoms with Gasteiger partial charge in [-0.25, -0.2) is 0 Å². The van der Waals surface area contributed by atoms with E-state index in [1.807, 2.05) is 24.3 Å². The number of unbranched alkanes of at least 4 members (excludes halogenated alkanes) is 2. The summed E-state index contributed by atoms with van der Waals surface area (Å²) in [7, 11) is 1.68. The lowest BCUT2D eigenvalue weighted by atomic mass is 10.00. The van der Waals surface area contributed by atoms with Crippen molar-refractivity contribution in [3.05, 3.63) is 29.8 Å². The maximum atomic E-state index is 6.21. The molecule has 2 N–H and O–H groups in total. The number of nitrogens with two attached hydrogens (primary N) is 1. The van der Waals surface area contributed by atoms with Crippen molar-refractivity contribution >= 4 is 0 Å². The molecule has 3 heteroatoms. The second kappa shape index (κ2) is 8.94. The summed E-state index contributed by atoms with van der Waals surface area (Å²) in [6.07, 6.45) is 4.27. The predicted molar refractivity (Wildman–Crippen MR) is 79.5 cm³/mol. The Kier molecular flexibility index (Phi) is 7.53. The average Bonchev–Trinajstić information content (AvgIpc) is 2.46. The zero-order valence-corrected chi connectivity index (χ0v) is 12.4. The van der Waals surface area contributed by atoms with Gasteiger partial charge in [-0.05, 0) is 18.9 Å². The Morgan fingerprint density at radius 3 is 2.53 bits per heavy atom. The van der Waals surface area contributed by atoms with Gasteiger partial charge in [0.1, 0.15) is 11.9 Å². The van der Waals surface area contributed by atoms with Crippen LogP contribution in [0.2, 0.25) is 0 Å². The normalized spacial score (nSPS) is 14.1. The summed E-state index contributed by atoms with van der Waals surface area (Å²) in [6, 6.07) is 7.97. The van der Waals surface area contributed by atoms with E-state index in [1.54, 1.807) is 7.11 Å². The molecule has 0 aliphatic carbocycles. The number of rotatable bonds is 9. The first-order valence-electron chi connectivity index (χ1n) is 7.24. The van der Waals surface area contributed by atoms with E-state index < -0.39 is 0 Å². The fourth-order valence-electron chi connectivity index (χ4n) is 2.12. The molecular formula is C16H27NO2. The summed E-state index contributed by atoms with van der Waals surface area (Å²) in [5.74, 6) is 0.854. The molecule has 0 saturated carbocycles. The van der Waals surface area contributed by atoms with Gasteiger partial charge in [0.15, 0.2) is 0 Å². The second-order valence-electron chi connectivity index (χ2n) is 4.81. The summed E-state index contributed by atoms with van der Waals surface area (Å²) in [5.41, 5.74) is 7.26. The Balaban J connectivity index is 2.77. The molecule has 0 aliphatic heterocycles. The number of methoxy groups -OCH3 is 1. The minimum absolute atomic E-state index is 0.00192. The Labute approximate surface area is 117 Å². The lowest BCUT2D eigenvalue weighted by Crippen LogP contribution is -2.30. The summed E-state index contributed by atoms with van der Waals surface area (Å²) in [4.78, 5) is 0. The highest BCUT2D eigenvalue weighted by Gasteiger charge is 2.22. The molecule has 19 heavy (non-hydrogen) atoms. The van der Waals surface area contributed by atoms with Crippen LogP contribution >= 0.6 is 0 Å². The van der Waals surface area contributed by atoms with Crippen LogP contribution < -0.4 is 10.5 Å². The van der Waals surface area contributed by atoms with Crippen molar-refractivity contribution in [2.24, 2.45) is 5.73 Å². The first-order chi connectivity index (χ1) is 9.24. The average molecular weight is 265 g/mol. The monoisotopic (exact) mass is 265 g/mol. The van der Waals surface area contributed by atoms with Gasteiger partial charge < -0.3 is 15.2 Å². The molecule has 0 radical (unpaired) electrons. The Morgan fingerprint density at radius 1 is 1.16 bits per heavy atom. The third kappa shape index (κ3) is 4.84. The second-order valence-corrected chi connectivity index (χ2v) is 4.81. The molecule has 108 valence electrons. The van der Waals surface area contributed by atoms with Crippen LogP contribution in [-0.2, 0) is 4.74 Å². The van der Waals surface area contributed by atoms with Crippen molar-refractivity contribution < 1.29 is 9.47 Å². The minimum Gasteiger partial charge on any atom is -0.496 e. The van der Waals surface area contributed by atoms with E-state index >= 15 is 0 Å². The van der Waals surface area contributed by atoms with Gasteiger partial charge in [0.05, 0.1) is 7.11 Å². The van der Waals surface area contributed by atoms with E-state index in [-0.39, 0.29) is 12.1 Å². The zero-order chi connectivity index (χ0) is 14.1. The quantitative estimate of drug-likeness (QED) is 0.693. The van der Waals surface area contributed by atoms with Crippen LogP contribution in [0.25, 0.3) is 0 Å². The fourth-order valence-corrected chi connectivity index (χ4v) is 2.12. The van der Waals surface area contributed by atoms with E-state index in [9.17, 15) is 0 Å². The molecule has 0 spiro atoms. The first kappa shape index (κ1) is 16.0. The van der Waals surface area contributed by atoms with Gasteiger partial charge in [-0.3, -0.25) is 0 Å². The third-order valence-electron chi connectivity index (χ3n) is 3.35. The molecule has 2 atom stereocenters. The molecule has 1 rings (SSSR count). The van der Waals surface area contributed by atoms with Crippen LogP contribution in [0.5, 0.6) is 5.75 Å². The van der Waals surface area contributed by atoms with E-state index in [0.717, 1.165) is 30.8 Å². The standard InChI is InChI=1S/C16H27NO2/c1-4-6-9-12-19-16(14(17)5-2)13-10-7-8-11-15(13)18-3/h7-8,10-11,14,16H,4-6,9,12,17H2,1-3H3. The van der Waals surface area contributed by atoms with E-state index in [0.29, 0.717) is 0 Å². The van der Waals surface area contributed by atoms with Crippen molar-refractivity contribution in [3.63, 3.8) is 0 Å². The van der Waals surface area contributed by atoms with Gasteiger partial charge in [0, 0.05) is 18.2 Å². The molecule has 1 aromatic rings.